The number of nitriles is 1. The molecule has 21 heavy (non-hydrogen) atoms. The van der Waals surface area contributed by atoms with Crippen molar-refractivity contribution in [3.05, 3.63) is 35.4 Å². The summed E-state index contributed by atoms with van der Waals surface area (Å²) in [5.74, 6) is 0.839. The number of hydrogen-bond acceptors (Lipinski definition) is 6. The van der Waals surface area contributed by atoms with Gasteiger partial charge in [-0.05, 0) is 30.9 Å². The lowest BCUT2D eigenvalue weighted by Crippen LogP contribution is -2.15. The second kappa shape index (κ2) is 8.45. The first kappa shape index (κ1) is 15.5. The highest BCUT2D eigenvalue weighted by Crippen LogP contribution is 2.12. The molecule has 5 nitrogen and oxygen atoms in total. The second-order valence-electron chi connectivity index (χ2n) is 4.67. The van der Waals surface area contributed by atoms with Crippen LogP contribution in [0.25, 0.3) is 0 Å². The van der Waals surface area contributed by atoms with Gasteiger partial charge in [0.15, 0.2) is 5.17 Å². The van der Waals surface area contributed by atoms with Crippen LogP contribution >= 0.6 is 11.8 Å². The summed E-state index contributed by atoms with van der Waals surface area (Å²) in [4.78, 5) is 0. The average molecular weight is 302 g/mol. The van der Waals surface area contributed by atoms with E-state index >= 15 is 0 Å². The monoisotopic (exact) mass is 302 g/mol. The van der Waals surface area contributed by atoms with Gasteiger partial charge in [0.05, 0.1) is 24.0 Å². The van der Waals surface area contributed by atoms with E-state index in [1.54, 1.807) is 0 Å². The van der Waals surface area contributed by atoms with Gasteiger partial charge in [0.2, 0.25) is 0 Å². The van der Waals surface area contributed by atoms with Gasteiger partial charge in [-0.1, -0.05) is 30.0 Å². The predicted octanol–water partition coefficient (Wildman–Crippen LogP) is 2.66. The van der Waals surface area contributed by atoms with E-state index in [0.29, 0.717) is 23.9 Å². The Labute approximate surface area is 128 Å². The minimum absolute atomic E-state index is 0.487. The van der Waals surface area contributed by atoms with Gasteiger partial charge in [0.25, 0.3) is 0 Å². The molecule has 1 heterocycles. The van der Waals surface area contributed by atoms with Crippen molar-refractivity contribution in [1.29, 1.82) is 5.26 Å². The standard InChI is InChI=1S/C15H18N4OS/c16-9-12-5-1-2-6-13(12)10-20-8-4-3-7-14-11-21-15(17)19-18-14/h1-2,5-6H,3-4,7-8,10-11H2,(H2,17,19). The zero-order valence-corrected chi connectivity index (χ0v) is 12.6. The number of benzene rings is 1. The lowest BCUT2D eigenvalue weighted by molar-refractivity contribution is 0.117. The average Bonchev–Trinajstić information content (AvgIpc) is 2.53. The molecule has 0 saturated carbocycles. The van der Waals surface area contributed by atoms with Crippen LogP contribution in [-0.2, 0) is 11.3 Å². The summed E-state index contributed by atoms with van der Waals surface area (Å²) < 4.78 is 5.62. The smallest absolute Gasteiger partial charge is 0.180 e. The first-order chi connectivity index (χ1) is 10.3. The van der Waals surface area contributed by atoms with E-state index in [2.05, 4.69) is 16.3 Å². The number of rotatable bonds is 7. The summed E-state index contributed by atoms with van der Waals surface area (Å²) in [5, 5.41) is 17.5. The van der Waals surface area contributed by atoms with E-state index in [1.165, 1.54) is 11.8 Å². The summed E-state index contributed by atoms with van der Waals surface area (Å²) in [6.45, 7) is 1.17. The first-order valence-corrected chi connectivity index (χ1v) is 7.85. The van der Waals surface area contributed by atoms with E-state index in [1.807, 2.05) is 24.3 Å². The van der Waals surface area contributed by atoms with Crippen molar-refractivity contribution in [2.45, 2.75) is 25.9 Å². The molecule has 0 bridgehead atoms. The highest BCUT2D eigenvalue weighted by molar-refractivity contribution is 8.14. The Hall–Kier alpha value is -1.84. The Morgan fingerprint density at radius 3 is 2.90 bits per heavy atom. The van der Waals surface area contributed by atoms with Gasteiger partial charge >= 0.3 is 0 Å². The van der Waals surface area contributed by atoms with Crippen molar-refractivity contribution >= 4 is 22.6 Å². The molecule has 1 aromatic rings. The van der Waals surface area contributed by atoms with E-state index in [-0.39, 0.29) is 0 Å². The Bertz CT molecular complexity index is 577. The number of unbranched alkanes of at least 4 members (excludes halogenated alkanes) is 1. The zero-order valence-electron chi connectivity index (χ0n) is 11.8. The molecule has 0 fully saturated rings. The molecule has 6 heteroatoms. The molecule has 0 atom stereocenters. The fraction of sp³-hybridized carbons (Fsp3) is 0.400. The van der Waals surface area contributed by atoms with Crippen LogP contribution in [0.15, 0.2) is 34.5 Å². The third-order valence-electron chi connectivity index (χ3n) is 3.08. The number of amidine groups is 1. The molecule has 0 unspecified atom stereocenters. The van der Waals surface area contributed by atoms with E-state index in [4.69, 9.17) is 15.7 Å². The molecule has 0 aromatic heterocycles. The topological polar surface area (TPSA) is 83.8 Å². The molecule has 1 aliphatic rings. The summed E-state index contributed by atoms with van der Waals surface area (Å²) in [7, 11) is 0. The zero-order chi connectivity index (χ0) is 14.9. The fourth-order valence-corrected chi connectivity index (χ4v) is 2.54. The molecule has 1 aliphatic heterocycles. The molecular formula is C15H18N4OS. The van der Waals surface area contributed by atoms with Crippen LogP contribution in [0.4, 0.5) is 0 Å². The van der Waals surface area contributed by atoms with Crippen molar-refractivity contribution in [2.75, 3.05) is 12.4 Å². The predicted molar refractivity (Wildman–Crippen MR) is 86.2 cm³/mol. The molecule has 0 amide bonds. The van der Waals surface area contributed by atoms with Crippen molar-refractivity contribution in [2.24, 2.45) is 15.9 Å². The molecule has 110 valence electrons. The van der Waals surface area contributed by atoms with Gasteiger partial charge < -0.3 is 10.5 Å². The second-order valence-corrected chi connectivity index (χ2v) is 5.67. The van der Waals surface area contributed by atoms with Gasteiger partial charge in [-0.15, -0.1) is 5.10 Å². The number of hydrogen-bond donors (Lipinski definition) is 1. The third-order valence-corrected chi connectivity index (χ3v) is 3.93. The van der Waals surface area contributed by atoms with Crippen LogP contribution in [0, 0.1) is 11.3 Å². The Morgan fingerprint density at radius 1 is 1.29 bits per heavy atom. The summed E-state index contributed by atoms with van der Waals surface area (Å²) >= 11 is 1.53. The van der Waals surface area contributed by atoms with Crippen LogP contribution in [0.1, 0.15) is 30.4 Å². The maximum absolute atomic E-state index is 8.98. The van der Waals surface area contributed by atoms with Gasteiger partial charge in [0.1, 0.15) is 0 Å². The van der Waals surface area contributed by atoms with Crippen LogP contribution in [-0.4, -0.2) is 23.2 Å². The van der Waals surface area contributed by atoms with Crippen molar-refractivity contribution in [3.8, 4) is 6.07 Å². The molecule has 1 aromatic carbocycles. The van der Waals surface area contributed by atoms with Crippen molar-refractivity contribution in [1.82, 2.24) is 0 Å². The first-order valence-electron chi connectivity index (χ1n) is 6.87. The molecule has 0 radical (unpaired) electrons. The maximum Gasteiger partial charge on any atom is 0.180 e. The normalized spacial score (nSPS) is 14.2. The molecule has 2 rings (SSSR count). The van der Waals surface area contributed by atoms with Crippen molar-refractivity contribution < 1.29 is 4.74 Å². The minimum atomic E-state index is 0.487. The highest BCUT2D eigenvalue weighted by atomic mass is 32.2. The van der Waals surface area contributed by atoms with Gasteiger partial charge in [-0.2, -0.15) is 10.4 Å². The molecule has 2 N–H and O–H groups in total. The number of ether oxygens (including phenoxy) is 1. The van der Waals surface area contributed by atoms with Gasteiger partial charge in [0, 0.05) is 12.4 Å². The van der Waals surface area contributed by atoms with E-state index in [0.717, 1.165) is 36.3 Å². The molecule has 0 aliphatic carbocycles. The van der Waals surface area contributed by atoms with E-state index < -0.39 is 0 Å². The Kier molecular flexibility index (Phi) is 6.25. The molecular weight excluding hydrogens is 284 g/mol. The Morgan fingerprint density at radius 2 is 2.14 bits per heavy atom. The number of nitrogens with two attached hydrogens (primary N) is 1. The highest BCUT2D eigenvalue weighted by Gasteiger charge is 2.07. The van der Waals surface area contributed by atoms with E-state index in [9.17, 15) is 0 Å². The summed E-state index contributed by atoms with van der Waals surface area (Å²) in [5.41, 5.74) is 8.24. The molecule has 0 saturated heterocycles. The minimum Gasteiger partial charge on any atom is -0.377 e. The van der Waals surface area contributed by atoms with Gasteiger partial charge in [-0.3, -0.25) is 0 Å². The molecule has 0 spiro atoms. The maximum atomic E-state index is 8.98. The third kappa shape index (κ3) is 5.21. The lowest BCUT2D eigenvalue weighted by atomic mass is 10.1. The van der Waals surface area contributed by atoms with Crippen LogP contribution < -0.4 is 5.73 Å². The van der Waals surface area contributed by atoms with Crippen molar-refractivity contribution in [3.63, 3.8) is 0 Å². The summed E-state index contributed by atoms with van der Waals surface area (Å²) in [6.07, 6.45) is 2.92. The summed E-state index contributed by atoms with van der Waals surface area (Å²) in [6, 6.07) is 9.69. The number of nitrogens with zero attached hydrogens (tertiary/aromatic N) is 3. The van der Waals surface area contributed by atoms with Crippen LogP contribution in [0.2, 0.25) is 0 Å². The van der Waals surface area contributed by atoms with Crippen LogP contribution in [0.5, 0.6) is 0 Å². The Balaban J connectivity index is 1.61. The largest absolute Gasteiger partial charge is 0.377 e. The van der Waals surface area contributed by atoms with Gasteiger partial charge in [-0.25, -0.2) is 0 Å². The quantitative estimate of drug-likeness (QED) is 0.785. The van der Waals surface area contributed by atoms with Crippen LogP contribution in [0.3, 0.4) is 0 Å². The SMILES string of the molecule is N#Cc1ccccc1COCCCCC1=NN=C(N)SC1. The lowest BCUT2D eigenvalue weighted by Gasteiger charge is -2.09. The number of thioether (sulfide) groups is 1. The fourth-order valence-electron chi connectivity index (χ4n) is 1.93.